The fourth-order valence-corrected chi connectivity index (χ4v) is 3.52. The molecule has 1 amide bonds. The molecule has 0 atom stereocenters. The maximum Gasteiger partial charge on any atom is 0.223 e. The molecule has 0 saturated carbocycles. The average Bonchev–Trinajstić information content (AvgIpc) is 2.99. The maximum absolute atomic E-state index is 12.3. The van der Waals surface area contributed by atoms with Gasteiger partial charge in [0, 0.05) is 12.1 Å². The largest absolute Gasteiger partial charge is 0.350 e. The van der Waals surface area contributed by atoms with Crippen LogP contribution in [0, 0.1) is 12.8 Å². The van der Waals surface area contributed by atoms with Crippen molar-refractivity contribution in [2.45, 2.75) is 32.9 Å². The van der Waals surface area contributed by atoms with Gasteiger partial charge < -0.3 is 5.32 Å². The minimum Gasteiger partial charge on any atom is -0.350 e. The molecule has 6 nitrogen and oxygen atoms in total. The fraction of sp³-hybridized carbons (Fsp3) is 0.500. The molecule has 3 heterocycles. The fourth-order valence-electron chi connectivity index (χ4n) is 2.77. The number of hydrogen-bond acceptors (Lipinski definition) is 6. The zero-order valence-electron chi connectivity index (χ0n) is 13.2. The molecule has 1 fully saturated rings. The maximum atomic E-state index is 12.3. The quantitative estimate of drug-likeness (QED) is 0.904. The zero-order chi connectivity index (χ0) is 16.1. The summed E-state index contributed by atoms with van der Waals surface area (Å²) < 4.78 is 0. The van der Waals surface area contributed by atoms with Crippen molar-refractivity contribution in [1.82, 2.24) is 25.4 Å². The lowest BCUT2D eigenvalue weighted by molar-refractivity contribution is -0.126. The van der Waals surface area contributed by atoms with Crippen molar-refractivity contribution in [3.63, 3.8) is 0 Å². The summed E-state index contributed by atoms with van der Waals surface area (Å²) in [5.74, 6) is 0.244. The lowest BCUT2D eigenvalue weighted by Crippen LogP contribution is -2.40. The summed E-state index contributed by atoms with van der Waals surface area (Å²) in [5.41, 5.74) is 0.893. The molecule has 0 aromatic carbocycles. The van der Waals surface area contributed by atoms with Crippen LogP contribution in [0.15, 0.2) is 24.4 Å². The zero-order valence-corrected chi connectivity index (χ0v) is 14.1. The van der Waals surface area contributed by atoms with Gasteiger partial charge in [-0.25, -0.2) is 0 Å². The van der Waals surface area contributed by atoms with E-state index in [2.05, 4.69) is 25.4 Å². The molecule has 2 aromatic heterocycles. The van der Waals surface area contributed by atoms with Crippen LogP contribution in [0.2, 0.25) is 0 Å². The third kappa shape index (κ3) is 4.56. The van der Waals surface area contributed by atoms with Gasteiger partial charge in [-0.3, -0.25) is 14.7 Å². The van der Waals surface area contributed by atoms with Gasteiger partial charge in [0.1, 0.15) is 10.0 Å². The lowest BCUT2D eigenvalue weighted by atomic mass is 9.96. The van der Waals surface area contributed by atoms with Gasteiger partial charge in [-0.1, -0.05) is 6.07 Å². The Morgan fingerprint density at radius 3 is 2.83 bits per heavy atom. The van der Waals surface area contributed by atoms with E-state index in [1.807, 2.05) is 25.1 Å². The number of amides is 1. The van der Waals surface area contributed by atoms with Crippen LogP contribution < -0.4 is 5.32 Å². The number of likely N-dealkylation sites (tertiary alicyclic amines) is 1. The van der Waals surface area contributed by atoms with Crippen LogP contribution in [0.3, 0.4) is 0 Å². The summed E-state index contributed by atoms with van der Waals surface area (Å²) in [6.45, 7) is 5.18. The molecule has 0 bridgehead atoms. The van der Waals surface area contributed by atoms with Crippen molar-refractivity contribution in [3.05, 3.63) is 40.1 Å². The highest BCUT2D eigenvalue weighted by atomic mass is 32.1. The molecule has 23 heavy (non-hydrogen) atoms. The number of aromatic nitrogens is 3. The summed E-state index contributed by atoms with van der Waals surface area (Å²) in [6, 6.07) is 5.73. The Bertz CT molecular complexity index is 637. The molecule has 3 rings (SSSR count). The molecular weight excluding hydrogens is 310 g/mol. The van der Waals surface area contributed by atoms with E-state index >= 15 is 0 Å². The number of carbonyl (C=O) groups excluding carboxylic acids is 1. The van der Waals surface area contributed by atoms with Gasteiger partial charge >= 0.3 is 0 Å². The molecule has 7 heteroatoms. The molecule has 2 aromatic rings. The van der Waals surface area contributed by atoms with Gasteiger partial charge in [0.15, 0.2) is 0 Å². The van der Waals surface area contributed by atoms with Crippen molar-refractivity contribution in [2.24, 2.45) is 5.92 Å². The molecule has 1 aliphatic rings. The standard InChI is InChI=1S/C16H21N5OS/c1-12-19-20-15(23-12)11-21-8-5-13(6-9-21)16(22)18-10-14-4-2-3-7-17-14/h2-4,7,13H,5-6,8-11H2,1H3,(H,18,22). The molecule has 0 unspecified atom stereocenters. The summed E-state index contributed by atoms with van der Waals surface area (Å²) in [6.07, 6.45) is 3.53. The Morgan fingerprint density at radius 1 is 1.35 bits per heavy atom. The van der Waals surface area contributed by atoms with Crippen LogP contribution in [-0.4, -0.2) is 39.1 Å². The highest BCUT2D eigenvalue weighted by Gasteiger charge is 2.25. The monoisotopic (exact) mass is 331 g/mol. The molecule has 0 aliphatic carbocycles. The number of carbonyl (C=O) groups is 1. The minimum absolute atomic E-state index is 0.103. The number of nitrogens with one attached hydrogen (secondary N) is 1. The second kappa shape index (κ2) is 7.61. The third-order valence-electron chi connectivity index (χ3n) is 4.05. The van der Waals surface area contributed by atoms with Crippen molar-refractivity contribution < 1.29 is 4.79 Å². The Kier molecular flexibility index (Phi) is 5.30. The van der Waals surface area contributed by atoms with Gasteiger partial charge in [-0.05, 0) is 45.0 Å². The molecule has 0 spiro atoms. The lowest BCUT2D eigenvalue weighted by Gasteiger charge is -2.30. The number of rotatable bonds is 5. The second-order valence-electron chi connectivity index (χ2n) is 5.80. The molecule has 1 saturated heterocycles. The first kappa shape index (κ1) is 16.0. The second-order valence-corrected chi connectivity index (χ2v) is 7.07. The number of nitrogens with zero attached hydrogens (tertiary/aromatic N) is 4. The Hall–Kier alpha value is -1.86. The normalized spacial score (nSPS) is 16.4. The van der Waals surface area contributed by atoms with Crippen LogP contribution in [0.25, 0.3) is 0 Å². The van der Waals surface area contributed by atoms with Gasteiger partial charge in [0.2, 0.25) is 5.91 Å². The SMILES string of the molecule is Cc1nnc(CN2CCC(C(=O)NCc3ccccn3)CC2)s1. The van der Waals surface area contributed by atoms with Crippen LogP contribution in [0.5, 0.6) is 0 Å². The number of aryl methyl sites for hydroxylation is 1. The first-order valence-electron chi connectivity index (χ1n) is 7.89. The molecule has 0 radical (unpaired) electrons. The van der Waals surface area contributed by atoms with Gasteiger partial charge in [-0.15, -0.1) is 21.5 Å². The van der Waals surface area contributed by atoms with Gasteiger partial charge in [0.05, 0.1) is 18.8 Å². The van der Waals surface area contributed by atoms with E-state index in [1.54, 1.807) is 17.5 Å². The molecule has 1 aliphatic heterocycles. The van der Waals surface area contributed by atoms with E-state index < -0.39 is 0 Å². The smallest absolute Gasteiger partial charge is 0.223 e. The van der Waals surface area contributed by atoms with Crippen molar-refractivity contribution in [3.8, 4) is 0 Å². The van der Waals surface area contributed by atoms with Crippen LogP contribution in [0.4, 0.5) is 0 Å². The minimum atomic E-state index is 0.103. The summed E-state index contributed by atoms with van der Waals surface area (Å²) in [7, 11) is 0. The van der Waals surface area contributed by atoms with E-state index in [9.17, 15) is 4.79 Å². The van der Waals surface area contributed by atoms with Gasteiger partial charge in [0.25, 0.3) is 0 Å². The summed E-state index contributed by atoms with van der Waals surface area (Å²) in [5, 5.41) is 13.3. The third-order valence-corrected chi connectivity index (χ3v) is 4.88. The number of pyridine rings is 1. The highest BCUT2D eigenvalue weighted by molar-refractivity contribution is 7.11. The Balaban J connectivity index is 1.42. The van der Waals surface area contributed by atoms with Crippen molar-refractivity contribution in [2.75, 3.05) is 13.1 Å². The van der Waals surface area contributed by atoms with E-state index in [0.717, 1.165) is 48.2 Å². The highest BCUT2D eigenvalue weighted by Crippen LogP contribution is 2.20. The van der Waals surface area contributed by atoms with Crippen molar-refractivity contribution >= 4 is 17.2 Å². The number of hydrogen-bond donors (Lipinski definition) is 1. The average molecular weight is 331 g/mol. The summed E-state index contributed by atoms with van der Waals surface area (Å²) >= 11 is 1.64. The predicted octanol–water partition coefficient (Wildman–Crippen LogP) is 1.77. The van der Waals surface area contributed by atoms with Crippen LogP contribution in [-0.2, 0) is 17.9 Å². The van der Waals surface area contributed by atoms with E-state index in [1.165, 1.54) is 0 Å². The first-order chi connectivity index (χ1) is 11.2. The Labute approximate surface area is 140 Å². The molecule has 1 N–H and O–H groups in total. The topological polar surface area (TPSA) is 71.0 Å². The van der Waals surface area contributed by atoms with Crippen molar-refractivity contribution in [1.29, 1.82) is 0 Å². The van der Waals surface area contributed by atoms with Crippen LogP contribution >= 0.6 is 11.3 Å². The first-order valence-corrected chi connectivity index (χ1v) is 8.71. The number of piperidine rings is 1. The van der Waals surface area contributed by atoms with Crippen LogP contribution in [0.1, 0.15) is 28.6 Å². The van der Waals surface area contributed by atoms with Gasteiger partial charge in [-0.2, -0.15) is 0 Å². The molecular formula is C16H21N5OS. The van der Waals surface area contributed by atoms with E-state index in [-0.39, 0.29) is 11.8 Å². The van der Waals surface area contributed by atoms with E-state index in [0.29, 0.717) is 6.54 Å². The predicted molar refractivity (Wildman–Crippen MR) is 88.7 cm³/mol. The van der Waals surface area contributed by atoms with E-state index in [4.69, 9.17) is 0 Å². The Morgan fingerprint density at radius 2 is 2.17 bits per heavy atom. The summed E-state index contributed by atoms with van der Waals surface area (Å²) in [4.78, 5) is 18.8. The molecule has 122 valence electrons.